The lowest BCUT2D eigenvalue weighted by Crippen LogP contribution is -2.60. The standard InChI is InChI=1S/C21H28F3N5O2/c22-15-11-14(26-16-2-4-19(30)27-20(16)31)1-3-17(15)29-10-7-18(21(23,24)12-29)28-8-5-13(25)6-9-28/h1,3,11,13,16,18,26H,2,4-10,12,25H2,(H,27,30,31). The summed E-state index contributed by atoms with van der Waals surface area (Å²) in [5.41, 5.74) is 6.37. The number of halogens is 3. The highest BCUT2D eigenvalue weighted by Crippen LogP contribution is 2.36. The highest BCUT2D eigenvalue weighted by Gasteiger charge is 2.48. The van der Waals surface area contributed by atoms with Gasteiger partial charge < -0.3 is 16.0 Å². The molecule has 3 fully saturated rings. The molecular formula is C21H28F3N5O2. The molecule has 4 rings (SSSR count). The number of amides is 2. The van der Waals surface area contributed by atoms with Crippen LogP contribution in [0.1, 0.15) is 32.1 Å². The van der Waals surface area contributed by atoms with Gasteiger partial charge in [-0.15, -0.1) is 0 Å². The Kier molecular flexibility index (Phi) is 6.11. The fraction of sp³-hybridized carbons (Fsp3) is 0.619. The van der Waals surface area contributed by atoms with Crippen LogP contribution in [0.4, 0.5) is 24.5 Å². The maximum Gasteiger partial charge on any atom is 0.280 e. The molecule has 2 unspecified atom stereocenters. The minimum atomic E-state index is -2.96. The van der Waals surface area contributed by atoms with Gasteiger partial charge in [0.05, 0.1) is 18.3 Å². The Labute approximate surface area is 179 Å². The Morgan fingerprint density at radius 2 is 1.84 bits per heavy atom. The molecule has 3 aliphatic rings. The molecule has 2 atom stereocenters. The van der Waals surface area contributed by atoms with Crippen LogP contribution in [0, 0.1) is 5.82 Å². The largest absolute Gasteiger partial charge is 0.374 e. The monoisotopic (exact) mass is 439 g/mol. The number of anilines is 2. The minimum absolute atomic E-state index is 0.0753. The number of nitrogens with zero attached hydrogens (tertiary/aromatic N) is 2. The summed E-state index contributed by atoms with van der Waals surface area (Å²) in [7, 11) is 0. The van der Waals surface area contributed by atoms with Gasteiger partial charge in [-0.25, -0.2) is 13.2 Å². The molecule has 0 bridgehead atoms. The number of imide groups is 1. The highest BCUT2D eigenvalue weighted by molar-refractivity contribution is 6.01. The number of piperidine rings is 3. The zero-order valence-electron chi connectivity index (χ0n) is 17.3. The molecule has 3 heterocycles. The highest BCUT2D eigenvalue weighted by atomic mass is 19.3. The smallest absolute Gasteiger partial charge is 0.280 e. The summed E-state index contributed by atoms with van der Waals surface area (Å²) >= 11 is 0. The van der Waals surface area contributed by atoms with Gasteiger partial charge in [0, 0.05) is 37.8 Å². The summed E-state index contributed by atoms with van der Waals surface area (Å²) in [6.45, 7) is 0.920. The number of benzene rings is 1. The Morgan fingerprint density at radius 1 is 1.10 bits per heavy atom. The number of hydrogen-bond acceptors (Lipinski definition) is 6. The van der Waals surface area contributed by atoms with Crippen LogP contribution in [-0.2, 0) is 9.59 Å². The summed E-state index contributed by atoms with van der Waals surface area (Å²) in [6.07, 6.45) is 2.20. The van der Waals surface area contributed by atoms with E-state index < -0.39 is 36.3 Å². The van der Waals surface area contributed by atoms with Gasteiger partial charge in [0.2, 0.25) is 11.8 Å². The zero-order chi connectivity index (χ0) is 22.2. The van der Waals surface area contributed by atoms with Crippen LogP contribution in [0.3, 0.4) is 0 Å². The second-order valence-corrected chi connectivity index (χ2v) is 8.67. The van der Waals surface area contributed by atoms with Crippen LogP contribution >= 0.6 is 0 Å². The molecule has 0 radical (unpaired) electrons. The molecule has 3 saturated heterocycles. The molecular weight excluding hydrogens is 411 g/mol. The Hall–Kier alpha value is -2.33. The van der Waals surface area contributed by atoms with E-state index in [4.69, 9.17) is 5.73 Å². The topological polar surface area (TPSA) is 90.7 Å². The molecule has 10 heteroatoms. The van der Waals surface area contributed by atoms with Crippen molar-refractivity contribution in [1.82, 2.24) is 10.2 Å². The van der Waals surface area contributed by atoms with Crippen molar-refractivity contribution in [2.75, 3.05) is 36.4 Å². The second-order valence-electron chi connectivity index (χ2n) is 8.67. The molecule has 3 aliphatic heterocycles. The lowest BCUT2D eigenvalue weighted by Gasteiger charge is -2.46. The first kappa shape index (κ1) is 21.9. The molecule has 170 valence electrons. The van der Waals surface area contributed by atoms with Gasteiger partial charge in [0.15, 0.2) is 0 Å². The number of rotatable bonds is 4. The van der Waals surface area contributed by atoms with E-state index in [-0.39, 0.29) is 30.5 Å². The van der Waals surface area contributed by atoms with Crippen molar-refractivity contribution in [3.05, 3.63) is 24.0 Å². The van der Waals surface area contributed by atoms with Gasteiger partial charge in [0.1, 0.15) is 11.9 Å². The lowest BCUT2D eigenvalue weighted by molar-refractivity contribution is -0.133. The van der Waals surface area contributed by atoms with Crippen molar-refractivity contribution in [1.29, 1.82) is 0 Å². The normalized spacial score (nSPS) is 27.8. The zero-order valence-corrected chi connectivity index (χ0v) is 17.3. The molecule has 4 N–H and O–H groups in total. The molecule has 1 aromatic carbocycles. The predicted molar refractivity (Wildman–Crippen MR) is 111 cm³/mol. The number of likely N-dealkylation sites (tertiary alicyclic amines) is 1. The van der Waals surface area contributed by atoms with Gasteiger partial charge in [-0.05, 0) is 43.9 Å². The molecule has 7 nitrogen and oxygen atoms in total. The van der Waals surface area contributed by atoms with Crippen molar-refractivity contribution in [2.45, 2.75) is 56.2 Å². The van der Waals surface area contributed by atoms with Crippen LogP contribution in [-0.4, -0.2) is 66.9 Å². The van der Waals surface area contributed by atoms with E-state index >= 15 is 0 Å². The third-order valence-corrected chi connectivity index (χ3v) is 6.45. The van der Waals surface area contributed by atoms with E-state index in [1.54, 1.807) is 6.07 Å². The minimum Gasteiger partial charge on any atom is -0.374 e. The molecule has 1 aromatic rings. The summed E-state index contributed by atoms with van der Waals surface area (Å²) in [6, 6.07) is 2.81. The van der Waals surface area contributed by atoms with Crippen molar-refractivity contribution >= 4 is 23.2 Å². The van der Waals surface area contributed by atoms with Crippen molar-refractivity contribution in [3.8, 4) is 0 Å². The molecule has 0 saturated carbocycles. The third kappa shape index (κ3) is 4.79. The van der Waals surface area contributed by atoms with Crippen LogP contribution in [0.2, 0.25) is 0 Å². The van der Waals surface area contributed by atoms with Gasteiger partial charge >= 0.3 is 0 Å². The summed E-state index contributed by atoms with van der Waals surface area (Å²) < 4.78 is 44.7. The van der Waals surface area contributed by atoms with Crippen LogP contribution in [0.5, 0.6) is 0 Å². The SMILES string of the molecule is NC1CCN(C2CCN(c3ccc(NC4CCC(=O)NC4=O)cc3F)CC2(F)F)CC1. The van der Waals surface area contributed by atoms with Crippen LogP contribution in [0.15, 0.2) is 18.2 Å². The number of carbonyl (C=O) groups excluding carboxylic acids is 2. The van der Waals surface area contributed by atoms with E-state index in [9.17, 15) is 22.8 Å². The number of nitrogens with two attached hydrogens (primary N) is 1. The van der Waals surface area contributed by atoms with E-state index in [1.807, 2.05) is 4.90 Å². The van der Waals surface area contributed by atoms with Crippen LogP contribution in [0.25, 0.3) is 0 Å². The van der Waals surface area contributed by atoms with Crippen molar-refractivity contribution in [2.24, 2.45) is 5.73 Å². The van der Waals surface area contributed by atoms with Crippen LogP contribution < -0.4 is 21.3 Å². The lowest BCUT2D eigenvalue weighted by atomic mass is 9.95. The molecule has 0 spiro atoms. The van der Waals surface area contributed by atoms with Crippen molar-refractivity contribution in [3.63, 3.8) is 0 Å². The summed E-state index contributed by atoms with van der Waals surface area (Å²) in [4.78, 5) is 26.3. The first-order valence-electron chi connectivity index (χ1n) is 10.7. The van der Waals surface area contributed by atoms with Gasteiger partial charge in [0.25, 0.3) is 5.92 Å². The quantitative estimate of drug-likeness (QED) is 0.619. The average molecular weight is 439 g/mol. The van der Waals surface area contributed by atoms with E-state index in [2.05, 4.69) is 10.6 Å². The number of nitrogens with one attached hydrogen (secondary N) is 2. The Morgan fingerprint density at radius 3 is 2.48 bits per heavy atom. The first-order valence-corrected chi connectivity index (χ1v) is 10.7. The van der Waals surface area contributed by atoms with Crippen molar-refractivity contribution < 1.29 is 22.8 Å². The summed E-state index contributed by atoms with van der Waals surface area (Å²) in [5, 5.41) is 5.14. The number of alkyl halides is 2. The van der Waals surface area contributed by atoms with E-state index in [0.717, 1.165) is 0 Å². The van der Waals surface area contributed by atoms with E-state index in [1.165, 1.54) is 17.0 Å². The number of hydrogen-bond donors (Lipinski definition) is 3. The van der Waals surface area contributed by atoms with Gasteiger partial charge in [-0.1, -0.05) is 0 Å². The average Bonchev–Trinajstić information content (AvgIpc) is 2.70. The molecule has 0 aromatic heterocycles. The summed E-state index contributed by atoms with van der Waals surface area (Å²) in [5.74, 6) is -4.38. The maximum atomic E-state index is 15.0. The molecule has 31 heavy (non-hydrogen) atoms. The number of carbonyl (C=O) groups is 2. The van der Waals surface area contributed by atoms with Gasteiger partial charge in [-0.2, -0.15) is 0 Å². The third-order valence-electron chi connectivity index (χ3n) is 6.45. The predicted octanol–water partition coefficient (Wildman–Crippen LogP) is 1.68. The van der Waals surface area contributed by atoms with E-state index in [0.29, 0.717) is 44.6 Å². The second kappa shape index (κ2) is 8.66. The first-order chi connectivity index (χ1) is 14.7. The Bertz CT molecular complexity index is 844. The Balaban J connectivity index is 1.41. The maximum absolute atomic E-state index is 15.0. The van der Waals surface area contributed by atoms with Gasteiger partial charge in [-0.3, -0.25) is 19.8 Å². The molecule has 0 aliphatic carbocycles. The fourth-order valence-electron chi connectivity index (χ4n) is 4.70. The fourth-order valence-corrected chi connectivity index (χ4v) is 4.70. The molecule has 2 amide bonds.